The number of ether oxygens (including phenoxy) is 1. The van der Waals surface area contributed by atoms with Crippen LogP contribution in [-0.4, -0.2) is 44.7 Å². The monoisotopic (exact) mass is 312 g/mol. The van der Waals surface area contributed by atoms with Gasteiger partial charge in [-0.05, 0) is 44.9 Å². The van der Waals surface area contributed by atoms with Crippen molar-refractivity contribution < 1.29 is 13.2 Å². The summed E-state index contributed by atoms with van der Waals surface area (Å²) in [6.45, 7) is 9.08. The van der Waals surface area contributed by atoms with E-state index in [1.165, 1.54) is 0 Å². The van der Waals surface area contributed by atoms with E-state index in [2.05, 4.69) is 25.7 Å². The third-order valence-corrected chi connectivity index (χ3v) is 4.54. The fraction of sp³-hybridized carbons (Fsp3) is 0.600. The first-order valence-electron chi connectivity index (χ1n) is 7.18. The number of hydrogen-bond acceptors (Lipinski definition) is 4. The second kappa shape index (κ2) is 6.04. The summed E-state index contributed by atoms with van der Waals surface area (Å²) in [7, 11) is -3.60. The molecular weight excluding hydrogens is 288 g/mol. The van der Waals surface area contributed by atoms with Crippen LogP contribution in [0.25, 0.3) is 0 Å². The Balaban J connectivity index is 1.94. The van der Waals surface area contributed by atoms with Crippen molar-refractivity contribution in [2.24, 2.45) is 5.14 Å². The predicted octanol–water partition coefficient (Wildman–Crippen LogP) is 1.38. The maximum atomic E-state index is 11.2. The Morgan fingerprint density at radius 1 is 1.33 bits per heavy atom. The van der Waals surface area contributed by atoms with Crippen LogP contribution in [0.1, 0.15) is 26.3 Å². The Hall–Kier alpha value is -0.950. The van der Waals surface area contributed by atoms with Gasteiger partial charge in [0.05, 0.1) is 16.6 Å². The minimum Gasteiger partial charge on any atom is -0.370 e. The molecule has 2 N–H and O–H groups in total. The van der Waals surface area contributed by atoms with Crippen molar-refractivity contribution in [3.63, 3.8) is 0 Å². The molecule has 1 aliphatic heterocycles. The van der Waals surface area contributed by atoms with Crippen LogP contribution >= 0.6 is 0 Å². The van der Waals surface area contributed by atoms with E-state index in [1.54, 1.807) is 12.1 Å². The van der Waals surface area contributed by atoms with Gasteiger partial charge < -0.3 is 4.74 Å². The molecule has 0 saturated carbocycles. The van der Waals surface area contributed by atoms with E-state index in [0.29, 0.717) is 0 Å². The minimum absolute atomic E-state index is 0.116. The lowest BCUT2D eigenvalue weighted by atomic mass is 10.0. The number of benzene rings is 1. The summed E-state index contributed by atoms with van der Waals surface area (Å²) in [5.41, 5.74) is 0.995. The maximum absolute atomic E-state index is 11.2. The molecule has 1 aliphatic rings. The van der Waals surface area contributed by atoms with Crippen molar-refractivity contribution in [1.82, 2.24) is 4.90 Å². The molecule has 1 unspecified atom stereocenters. The first-order chi connectivity index (χ1) is 9.66. The highest BCUT2D eigenvalue weighted by atomic mass is 32.2. The summed E-state index contributed by atoms with van der Waals surface area (Å²) in [6, 6.07) is 6.79. The summed E-state index contributed by atoms with van der Waals surface area (Å²) >= 11 is 0. The topological polar surface area (TPSA) is 72.6 Å². The van der Waals surface area contributed by atoms with E-state index < -0.39 is 10.0 Å². The normalized spacial score (nSPS) is 23.1. The molecule has 1 saturated heterocycles. The molecule has 6 heteroatoms. The number of nitrogens with two attached hydrogens (primary N) is 1. The van der Waals surface area contributed by atoms with Crippen molar-refractivity contribution in [1.29, 1.82) is 0 Å². The molecule has 118 valence electrons. The van der Waals surface area contributed by atoms with Gasteiger partial charge >= 0.3 is 0 Å². The fourth-order valence-electron chi connectivity index (χ4n) is 2.89. The number of nitrogens with zero attached hydrogens (tertiary/aromatic N) is 1. The first kappa shape index (κ1) is 16.4. The largest absolute Gasteiger partial charge is 0.370 e. The third-order valence-electron chi connectivity index (χ3n) is 3.61. The molecule has 1 atom stereocenters. The van der Waals surface area contributed by atoms with Gasteiger partial charge in [-0.3, -0.25) is 4.90 Å². The number of hydrogen-bond donors (Lipinski definition) is 1. The van der Waals surface area contributed by atoms with Crippen molar-refractivity contribution in [2.45, 2.75) is 43.8 Å². The van der Waals surface area contributed by atoms with Crippen molar-refractivity contribution in [3.05, 3.63) is 29.8 Å². The van der Waals surface area contributed by atoms with Gasteiger partial charge in [-0.2, -0.15) is 0 Å². The Kier molecular flexibility index (Phi) is 4.72. The fourth-order valence-corrected chi connectivity index (χ4v) is 3.40. The van der Waals surface area contributed by atoms with Gasteiger partial charge in [0.15, 0.2) is 0 Å². The van der Waals surface area contributed by atoms with Crippen LogP contribution in [0.15, 0.2) is 29.2 Å². The van der Waals surface area contributed by atoms with E-state index in [9.17, 15) is 8.42 Å². The molecule has 2 rings (SSSR count). The lowest BCUT2D eigenvalue weighted by Gasteiger charge is -2.41. The summed E-state index contributed by atoms with van der Waals surface area (Å²) in [5, 5.41) is 5.09. The second-order valence-electron chi connectivity index (χ2n) is 6.36. The maximum Gasteiger partial charge on any atom is 0.238 e. The van der Waals surface area contributed by atoms with Gasteiger partial charge in [0.2, 0.25) is 10.0 Å². The molecule has 0 aliphatic carbocycles. The van der Waals surface area contributed by atoms with Crippen LogP contribution in [-0.2, 0) is 21.2 Å². The minimum atomic E-state index is -3.60. The zero-order chi connectivity index (χ0) is 15.7. The Morgan fingerprint density at radius 2 is 1.95 bits per heavy atom. The van der Waals surface area contributed by atoms with Gasteiger partial charge in [0.25, 0.3) is 0 Å². The van der Waals surface area contributed by atoms with E-state index in [-0.39, 0.29) is 16.6 Å². The van der Waals surface area contributed by atoms with Gasteiger partial charge in [-0.1, -0.05) is 12.1 Å². The Bertz CT molecular complexity index is 581. The molecule has 5 nitrogen and oxygen atoms in total. The predicted molar refractivity (Wildman–Crippen MR) is 82.6 cm³/mol. The van der Waals surface area contributed by atoms with Crippen LogP contribution in [0.5, 0.6) is 0 Å². The number of morpholine rings is 1. The summed E-state index contributed by atoms with van der Waals surface area (Å²) in [5.74, 6) is 0. The smallest absolute Gasteiger partial charge is 0.238 e. The van der Waals surface area contributed by atoms with Crippen LogP contribution in [0.3, 0.4) is 0 Å². The highest BCUT2D eigenvalue weighted by Crippen LogP contribution is 2.21. The van der Waals surface area contributed by atoms with E-state index in [0.717, 1.165) is 31.6 Å². The summed E-state index contributed by atoms with van der Waals surface area (Å²) < 4.78 is 28.3. The van der Waals surface area contributed by atoms with E-state index in [4.69, 9.17) is 9.88 Å². The highest BCUT2D eigenvalue weighted by molar-refractivity contribution is 7.89. The van der Waals surface area contributed by atoms with E-state index in [1.807, 2.05) is 12.1 Å². The zero-order valence-electron chi connectivity index (χ0n) is 12.9. The second-order valence-corrected chi connectivity index (χ2v) is 7.92. The van der Waals surface area contributed by atoms with Crippen molar-refractivity contribution in [3.8, 4) is 0 Å². The molecule has 0 amide bonds. The molecule has 0 spiro atoms. The quantitative estimate of drug-likeness (QED) is 0.911. The van der Waals surface area contributed by atoms with Crippen LogP contribution < -0.4 is 5.14 Å². The summed E-state index contributed by atoms with van der Waals surface area (Å²) in [6.07, 6.45) is 1.12. The first-order valence-corrected chi connectivity index (χ1v) is 8.72. The van der Waals surface area contributed by atoms with Gasteiger partial charge in [0.1, 0.15) is 0 Å². The molecule has 1 aromatic rings. The number of primary sulfonamides is 1. The van der Waals surface area contributed by atoms with Gasteiger partial charge in [0, 0.05) is 19.6 Å². The van der Waals surface area contributed by atoms with Crippen LogP contribution in [0.2, 0.25) is 0 Å². The average Bonchev–Trinajstić information content (AvgIpc) is 2.33. The van der Waals surface area contributed by atoms with E-state index >= 15 is 0 Å². The van der Waals surface area contributed by atoms with Crippen molar-refractivity contribution in [2.75, 3.05) is 19.6 Å². The van der Waals surface area contributed by atoms with Gasteiger partial charge in [-0.15, -0.1) is 0 Å². The Morgan fingerprint density at radius 3 is 2.48 bits per heavy atom. The summed E-state index contributed by atoms with van der Waals surface area (Å²) in [4.78, 5) is 2.55. The van der Waals surface area contributed by atoms with Crippen LogP contribution in [0, 0.1) is 0 Å². The molecule has 1 aromatic carbocycles. The number of sulfonamides is 1. The molecular formula is C15H24N2O3S. The average molecular weight is 312 g/mol. The zero-order valence-corrected chi connectivity index (χ0v) is 13.7. The highest BCUT2D eigenvalue weighted by Gasteiger charge is 2.30. The third kappa shape index (κ3) is 4.78. The molecule has 0 radical (unpaired) electrons. The molecule has 0 aromatic heterocycles. The standard InChI is InChI=1S/C15H24N2O3S/c1-12-10-17(11-15(2,3)20-12)9-8-13-4-6-14(7-5-13)21(16,18)19/h4-7,12H,8-11H2,1-3H3,(H2,16,18,19). The van der Waals surface area contributed by atoms with Crippen LogP contribution in [0.4, 0.5) is 0 Å². The van der Waals surface area contributed by atoms with Crippen molar-refractivity contribution >= 4 is 10.0 Å². The lowest BCUT2D eigenvalue weighted by Crippen LogP contribution is -2.52. The molecule has 1 heterocycles. The molecule has 21 heavy (non-hydrogen) atoms. The lowest BCUT2D eigenvalue weighted by molar-refractivity contribution is -0.128. The Labute approximate surface area is 127 Å². The number of rotatable bonds is 4. The van der Waals surface area contributed by atoms with Gasteiger partial charge in [-0.25, -0.2) is 13.6 Å². The molecule has 0 bridgehead atoms. The SMILES string of the molecule is CC1CN(CCc2ccc(S(N)(=O)=O)cc2)CC(C)(C)O1. The molecule has 1 fully saturated rings.